The zero-order valence-electron chi connectivity index (χ0n) is 7.80. The summed E-state index contributed by atoms with van der Waals surface area (Å²) in [5, 5.41) is 0. The minimum Gasteiger partial charge on any atom is -0.0822 e. The molecule has 0 aromatic heterocycles. The summed E-state index contributed by atoms with van der Waals surface area (Å²) in [7, 11) is 0. The summed E-state index contributed by atoms with van der Waals surface area (Å²) in [6.07, 6.45) is 5.44. The molecule has 11 heavy (non-hydrogen) atoms. The van der Waals surface area contributed by atoms with Crippen LogP contribution < -0.4 is 0 Å². The van der Waals surface area contributed by atoms with Crippen molar-refractivity contribution in [1.82, 2.24) is 0 Å². The molecule has 0 nitrogen and oxygen atoms in total. The molecule has 0 heteroatoms. The highest BCUT2D eigenvalue weighted by Crippen LogP contribution is 2.50. The van der Waals surface area contributed by atoms with E-state index in [2.05, 4.69) is 26.8 Å². The van der Waals surface area contributed by atoms with Gasteiger partial charge in [0.1, 0.15) is 0 Å². The Bertz CT molecular complexity index is 188. The van der Waals surface area contributed by atoms with E-state index in [-0.39, 0.29) is 0 Å². The largest absolute Gasteiger partial charge is 0.0822 e. The number of hydrogen-bond donors (Lipinski definition) is 0. The van der Waals surface area contributed by atoms with Crippen LogP contribution in [0.3, 0.4) is 0 Å². The maximum Gasteiger partial charge on any atom is -0.0169 e. The van der Waals surface area contributed by atoms with Gasteiger partial charge in [0.2, 0.25) is 0 Å². The van der Waals surface area contributed by atoms with Crippen molar-refractivity contribution in [2.75, 3.05) is 0 Å². The van der Waals surface area contributed by atoms with E-state index in [0.29, 0.717) is 0 Å². The quantitative estimate of drug-likeness (QED) is 0.503. The second-order valence-corrected chi connectivity index (χ2v) is 4.66. The SMILES string of the molecule is CC1=C[C@@H]2C[C@H]1[C@@H](C(C)C)C2. The van der Waals surface area contributed by atoms with E-state index in [0.717, 1.165) is 23.7 Å². The van der Waals surface area contributed by atoms with E-state index in [9.17, 15) is 0 Å². The molecule has 0 saturated heterocycles. The Morgan fingerprint density at radius 2 is 2.09 bits per heavy atom. The Morgan fingerprint density at radius 1 is 1.36 bits per heavy atom. The van der Waals surface area contributed by atoms with Gasteiger partial charge in [-0.15, -0.1) is 0 Å². The average Bonchev–Trinajstić information content (AvgIpc) is 2.43. The Hall–Kier alpha value is -0.260. The molecule has 3 atom stereocenters. The molecule has 0 aliphatic heterocycles. The first-order valence-electron chi connectivity index (χ1n) is 4.87. The molecule has 0 aromatic rings. The Labute approximate surface area is 69.7 Å². The van der Waals surface area contributed by atoms with Crippen LogP contribution in [0.15, 0.2) is 11.6 Å². The monoisotopic (exact) mass is 150 g/mol. The van der Waals surface area contributed by atoms with Crippen molar-refractivity contribution in [3.63, 3.8) is 0 Å². The highest BCUT2D eigenvalue weighted by atomic mass is 14.4. The molecular weight excluding hydrogens is 132 g/mol. The summed E-state index contributed by atoms with van der Waals surface area (Å²) >= 11 is 0. The van der Waals surface area contributed by atoms with Crippen LogP contribution in [0.5, 0.6) is 0 Å². The topological polar surface area (TPSA) is 0 Å². The van der Waals surface area contributed by atoms with Gasteiger partial charge in [-0.1, -0.05) is 25.5 Å². The molecule has 1 fully saturated rings. The molecule has 2 aliphatic rings. The molecule has 0 aromatic carbocycles. The van der Waals surface area contributed by atoms with Crippen molar-refractivity contribution >= 4 is 0 Å². The summed E-state index contributed by atoms with van der Waals surface area (Å²) in [5.74, 6) is 3.81. The maximum atomic E-state index is 2.50. The molecule has 2 aliphatic carbocycles. The fraction of sp³-hybridized carbons (Fsp3) is 0.818. The number of rotatable bonds is 1. The van der Waals surface area contributed by atoms with Crippen molar-refractivity contribution in [3.8, 4) is 0 Å². The zero-order chi connectivity index (χ0) is 8.01. The third-order valence-electron chi connectivity index (χ3n) is 3.59. The predicted octanol–water partition coefficient (Wildman–Crippen LogP) is 3.24. The molecule has 0 spiro atoms. The smallest absolute Gasteiger partial charge is 0.0169 e. The second kappa shape index (κ2) is 2.36. The lowest BCUT2D eigenvalue weighted by molar-refractivity contribution is 0.319. The number of allylic oxidation sites excluding steroid dienone is 2. The zero-order valence-corrected chi connectivity index (χ0v) is 7.80. The molecule has 2 rings (SSSR count). The lowest BCUT2D eigenvalue weighted by Crippen LogP contribution is -2.16. The van der Waals surface area contributed by atoms with Gasteiger partial charge in [-0.25, -0.2) is 0 Å². The Morgan fingerprint density at radius 3 is 2.45 bits per heavy atom. The minimum atomic E-state index is 0.897. The number of hydrogen-bond acceptors (Lipinski definition) is 0. The van der Waals surface area contributed by atoms with Crippen molar-refractivity contribution in [1.29, 1.82) is 0 Å². The summed E-state index contributed by atoms with van der Waals surface area (Å²) in [6, 6.07) is 0. The van der Waals surface area contributed by atoms with Gasteiger partial charge in [-0.3, -0.25) is 0 Å². The van der Waals surface area contributed by atoms with Crippen LogP contribution in [0.4, 0.5) is 0 Å². The van der Waals surface area contributed by atoms with Crippen LogP contribution in [0.2, 0.25) is 0 Å². The average molecular weight is 150 g/mol. The van der Waals surface area contributed by atoms with Gasteiger partial charge >= 0.3 is 0 Å². The van der Waals surface area contributed by atoms with Gasteiger partial charge in [-0.2, -0.15) is 0 Å². The molecule has 0 amide bonds. The molecule has 1 saturated carbocycles. The van der Waals surface area contributed by atoms with Crippen LogP contribution in [-0.2, 0) is 0 Å². The van der Waals surface area contributed by atoms with Crippen LogP contribution in [0, 0.1) is 23.7 Å². The van der Waals surface area contributed by atoms with Gasteiger partial charge < -0.3 is 0 Å². The lowest BCUT2D eigenvalue weighted by atomic mass is 9.81. The lowest BCUT2D eigenvalue weighted by Gasteiger charge is -2.25. The van der Waals surface area contributed by atoms with Gasteiger partial charge in [0.05, 0.1) is 0 Å². The van der Waals surface area contributed by atoms with Crippen LogP contribution in [-0.4, -0.2) is 0 Å². The van der Waals surface area contributed by atoms with E-state index in [1.54, 1.807) is 5.57 Å². The summed E-state index contributed by atoms with van der Waals surface area (Å²) in [5.41, 5.74) is 1.68. The third-order valence-corrected chi connectivity index (χ3v) is 3.59. The molecule has 0 unspecified atom stereocenters. The molecule has 2 bridgehead atoms. The first-order chi connectivity index (χ1) is 5.18. The first-order valence-corrected chi connectivity index (χ1v) is 4.87. The van der Waals surface area contributed by atoms with Gasteiger partial charge in [0, 0.05) is 0 Å². The van der Waals surface area contributed by atoms with E-state index in [1.807, 2.05) is 0 Å². The normalized spacial score (nSPS) is 41.8. The summed E-state index contributed by atoms with van der Waals surface area (Å²) < 4.78 is 0. The fourth-order valence-corrected chi connectivity index (χ4v) is 3.00. The minimum absolute atomic E-state index is 0.897. The molecule has 62 valence electrons. The van der Waals surface area contributed by atoms with E-state index >= 15 is 0 Å². The summed E-state index contributed by atoms with van der Waals surface area (Å²) in [6.45, 7) is 7.07. The van der Waals surface area contributed by atoms with Gasteiger partial charge in [0.15, 0.2) is 0 Å². The van der Waals surface area contributed by atoms with E-state index in [1.165, 1.54) is 12.8 Å². The van der Waals surface area contributed by atoms with Crippen molar-refractivity contribution in [2.45, 2.75) is 33.6 Å². The Balaban J connectivity index is 2.15. The van der Waals surface area contributed by atoms with Crippen LogP contribution >= 0.6 is 0 Å². The number of fused-ring (bicyclic) bond motifs is 2. The predicted molar refractivity (Wildman–Crippen MR) is 48.3 cm³/mol. The first kappa shape index (κ1) is 7.39. The third kappa shape index (κ3) is 1.04. The van der Waals surface area contributed by atoms with Gasteiger partial charge in [0.25, 0.3) is 0 Å². The molecule has 0 radical (unpaired) electrons. The second-order valence-electron chi connectivity index (χ2n) is 4.66. The van der Waals surface area contributed by atoms with Crippen molar-refractivity contribution in [3.05, 3.63) is 11.6 Å². The van der Waals surface area contributed by atoms with E-state index in [4.69, 9.17) is 0 Å². The van der Waals surface area contributed by atoms with Crippen molar-refractivity contribution < 1.29 is 0 Å². The Kier molecular flexibility index (Phi) is 1.59. The fourth-order valence-electron chi connectivity index (χ4n) is 3.00. The molecular formula is C11H18. The molecule has 0 N–H and O–H groups in total. The van der Waals surface area contributed by atoms with Gasteiger partial charge in [-0.05, 0) is 43.4 Å². The summed E-state index contributed by atoms with van der Waals surface area (Å²) in [4.78, 5) is 0. The van der Waals surface area contributed by atoms with Crippen LogP contribution in [0.1, 0.15) is 33.6 Å². The maximum absolute atomic E-state index is 2.50. The standard InChI is InChI=1S/C11H18/c1-7(2)10-5-9-4-8(3)11(10)6-9/h4,7,9-11H,5-6H2,1-3H3/t9-,10+,11+/m0/s1. The van der Waals surface area contributed by atoms with Crippen LogP contribution in [0.25, 0.3) is 0 Å². The van der Waals surface area contributed by atoms with Crippen molar-refractivity contribution in [2.24, 2.45) is 23.7 Å². The van der Waals surface area contributed by atoms with E-state index < -0.39 is 0 Å². The highest BCUT2D eigenvalue weighted by molar-refractivity contribution is 5.19. The highest BCUT2D eigenvalue weighted by Gasteiger charge is 2.39. The molecule has 0 heterocycles.